The van der Waals surface area contributed by atoms with Gasteiger partial charge in [-0.3, -0.25) is 9.69 Å². The Morgan fingerprint density at radius 2 is 1.54 bits per heavy atom. The van der Waals surface area contributed by atoms with Gasteiger partial charge in [0, 0.05) is 25.0 Å². The summed E-state index contributed by atoms with van der Waals surface area (Å²) in [7, 11) is 0. The van der Waals surface area contributed by atoms with Crippen LogP contribution in [0.1, 0.15) is 57.8 Å². The molecule has 1 amide bonds. The van der Waals surface area contributed by atoms with Crippen LogP contribution < -0.4 is 0 Å². The molecule has 1 atom stereocenters. The first-order valence-electron chi connectivity index (χ1n) is 10.1. The Balaban J connectivity index is 1.44. The first-order chi connectivity index (χ1) is 11.8. The monoisotopic (exact) mass is 336 g/mol. The van der Waals surface area contributed by atoms with E-state index in [0.717, 1.165) is 45.5 Å². The average molecular weight is 336 g/mol. The van der Waals surface area contributed by atoms with Gasteiger partial charge in [-0.1, -0.05) is 25.7 Å². The van der Waals surface area contributed by atoms with Gasteiger partial charge in [0.2, 0.25) is 5.91 Å². The van der Waals surface area contributed by atoms with Gasteiger partial charge in [0.15, 0.2) is 5.79 Å². The molecule has 136 valence electrons. The third-order valence-electron chi connectivity index (χ3n) is 6.41. The van der Waals surface area contributed by atoms with Crippen molar-refractivity contribution in [3.63, 3.8) is 0 Å². The Labute approximate surface area is 145 Å². The summed E-state index contributed by atoms with van der Waals surface area (Å²) in [6, 6.07) is 0.688. The molecular weight excluding hydrogens is 304 g/mol. The number of carbonyl (C=O) groups excluding carboxylic acids is 1. The van der Waals surface area contributed by atoms with Gasteiger partial charge < -0.3 is 14.4 Å². The highest BCUT2D eigenvalue weighted by atomic mass is 16.7. The van der Waals surface area contributed by atoms with Crippen LogP contribution in [0.15, 0.2) is 0 Å². The molecule has 0 aromatic rings. The minimum Gasteiger partial charge on any atom is -0.347 e. The van der Waals surface area contributed by atoms with Crippen molar-refractivity contribution in [2.45, 2.75) is 69.6 Å². The number of hydrogen-bond donors (Lipinski definition) is 0. The molecule has 0 aromatic carbocycles. The Hall–Kier alpha value is -0.650. The van der Waals surface area contributed by atoms with E-state index in [9.17, 15) is 4.79 Å². The fourth-order valence-corrected chi connectivity index (χ4v) is 5.10. The van der Waals surface area contributed by atoms with Crippen molar-refractivity contribution in [1.82, 2.24) is 9.80 Å². The molecule has 2 saturated carbocycles. The lowest BCUT2D eigenvalue weighted by atomic mass is 10.0. The molecule has 1 unspecified atom stereocenters. The standard InChI is InChI=1S/C19H32N2O3/c22-18(16-6-1-2-7-16)21-11-13-24-19(15-21)14-20(10-5-12-23-19)17-8-3-4-9-17/h16-17H,1-15H2. The van der Waals surface area contributed by atoms with Crippen LogP contribution in [0.3, 0.4) is 0 Å². The van der Waals surface area contributed by atoms with E-state index in [0.29, 0.717) is 25.1 Å². The van der Waals surface area contributed by atoms with Crippen molar-refractivity contribution in [2.24, 2.45) is 5.92 Å². The number of amides is 1. The molecule has 4 aliphatic rings. The fourth-order valence-electron chi connectivity index (χ4n) is 5.10. The van der Waals surface area contributed by atoms with Gasteiger partial charge >= 0.3 is 0 Å². The number of morpholine rings is 1. The molecule has 24 heavy (non-hydrogen) atoms. The predicted octanol–water partition coefficient (Wildman–Crippen LogP) is 2.40. The summed E-state index contributed by atoms with van der Waals surface area (Å²) >= 11 is 0. The molecule has 0 aromatic heterocycles. The van der Waals surface area contributed by atoms with Gasteiger partial charge in [-0.25, -0.2) is 0 Å². The molecule has 0 bridgehead atoms. The summed E-state index contributed by atoms with van der Waals surface area (Å²) in [5, 5.41) is 0. The lowest BCUT2D eigenvalue weighted by molar-refractivity contribution is -0.266. The van der Waals surface area contributed by atoms with Crippen LogP contribution in [0.2, 0.25) is 0 Å². The van der Waals surface area contributed by atoms with E-state index in [2.05, 4.69) is 4.90 Å². The average Bonchev–Trinajstić information content (AvgIpc) is 3.28. The Morgan fingerprint density at radius 1 is 0.833 bits per heavy atom. The summed E-state index contributed by atoms with van der Waals surface area (Å²) in [5.41, 5.74) is 0. The fraction of sp³-hybridized carbons (Fsp3) is 0.947. The number of ether oxygens (including phenoxy) is 2. The van der Waals surface area contributed by atoms with Gasteiger partial charge in [0.05, 0.1) is 26.3 Å². The van der Waals surface area contributed by atoms with Crippen molar-refractivity contribution in [2.75, 3.05) is 39.4 Å². The van der Waals surface area contributed by atoms with Crippen molar-refractivity contribution < 1.29 is 14.3 Å². The Kier molecular flexibility index (Phi) is 5.11. The van der Waals surface area contributed by atoms with Crippen LogP contribution in [0.4, 0.5) is 0 Å². The smallest absolute Gasteiger partial charge is 0.225 e. The number of rotatable bonds is 2. The van der Waals surface area contributed by atoms with Gasteiger partial charge in [0.1, 0.15) is 0 Å². The van der Waals surface area contributed by atoms with Crippen LogP contribution in [0.25, 0.3) is 0 Å². The van der Waals surface area contributed by atoms with Crippen LogP contribution in [0, 0.1) is 5.92 Å². The lowest BCUT2D eigenvalue weighted by Crippen LogP contribution is -2.60. The van der Waals surface area contributed by atoms with Crippen molar-refractivity contribution in [3.05, 3.63) is 0 Å². The molecule has 4 fully saturated rings. The third kappa shape index (κ3) is 3.49. The van der Waals surface area contributed by atoms with E-state index in [1.54, 1.807) is 0 Å². The van der Waals surface area contributed by atoms with Crippen molar-refractivity contribution in [1.29, 1.82) is 0 Å². The van der Waals surface area contributed by atoms with Gasteiger partial charge in [-0.2, -0.15) is 0 Å². The zero-order chi connectivity index (χ0) is 16.4. The van der Waals surface area contributed by atoms with Gasteiger partial charge in [-0.05, 0) is 32.1 Å². The zero-order valence-electron chi connectivity index (χ0n) is 14.9. The maximum atomic E-state index is 12.9. The second kappa shape index (κ2) is 7.30. The van der Waals surface area contributed by atoms with E-state index in [4.69, 9.17) is 9.47 Å². The normalized spacial score (nSPS) is 34.1. The minimum atomic E-state index is -0.592. The lowest BCUT2D eigenvalue weighted by Gasteiger charge is -2.44. The predicted molar refractivity (Wildman–Crippen MR) is 91.6 cm³/mol. The largest absolute Gasteiger partial charge is 0.347 e. The zero-order valence-corrected chi connectivity index (χ0v) is 14.9. The molecule has 2 aliphatic heterocycles. The molecule has 0 radical (unpaired) electrons. The van der Waals surface area contributed by atoms with E-state index < -0.39 is 5.79 Å². The molecule has 2 saturated heterocycles. The van der Waals surface area contributed by atoms with Crippen molar-refractivity contribution >= 4 is 5.91 Å². The minimum absolute atomic E-state index is 0.247. The molecule has 4 rings (SSSR count). The summed E-state index contributed by atoms with van der Waals surface area (Å²) < 4.78 is 12.4. The highest BCUT2D eigenvalue weighted by Crippen LogP contribution is 2.32. The van der Waals surface area contributed by atoms with Crippen LogP contribution in [-0.2, 0) is 14.3 Å². The maximum Gasteiger partial charge on any atom is 0.225 e. The SMILES string of the molecule is O=C(C1CCCC1)N1CCOC2(C1)CN(C1CCCC1)CCCO2. The number of carbonyl (C=O) groups is 1. The molecule has 5 nitrogen and oxygen atoms in total. The second-order valence-corrected chi connectivity index (χ2v) is 8.11. The first kappa shape index (κ1) is 16.8. The van der Waals surface area contributed by atoms with Gasteiger partial charge in [-0.15, -0.1) is 0 Å². The van der Waals surface area contributed by atoms with Gasteiger partial charge in [0.25, 0.3) is 0 Å². The summed E-state index contributed by atoms with van der Waals surface area (Å²) in [5.74, 6) is -0.00157. The van der Waals surface area contributed by atoms with E-state index >= 15 is 0 Å². The molecular formula is C19H32N2O3. The highest BCUT2D eigenvalue weighted by molar-refractivity contribution is 5.79. The van der Waals surface area contributed by atoms with Crippen LogP contribution >= 0.6 is 0 Å². The number of nitrogens with zero attached hydrogens (tertiary/aromatic N) is 2. The van der Waals surface area contributed by atoms with Crippen LogP contribution in [-0.4, -0.2) is 66.9 Å². The summed E-state index contributed by atoms with van der Waals surface area (Å²) in [6.45, 7) is 4.62. The Bertz CT molecular complexity index is 446. The summed E-state index contributed by atoms with van der Waals surface area (Å²) in [4.78, 5) is 17.5. The van der Waals surface area contributed by atoms with Crippen molar-refractivity contribution in [3.8, 4) is 0 Å². The molecule has 1 spiro atoms. The van der Waals surface area contributed by atoms with E-state index in [1.807, 2.05) is 4.90 Å². The Morgan fingerprint density at radius 3 is 2.33 bits per heavy atom. The molecule has 2 aliphatic carbocycles. The highest BCUT2D eigenvalue weighted by Gasteiger charge is 2.44. The molecule has 0 N–H and O–H groups in total. The summed E-state index contributed by atoms with van der Waals surface area (Å²) in [6.07, 6.45) is 10.9. The quantitative estimate of drug-likeness (QED) is 0.776. The van der Waals surface area contributed by atoms with E-state index in [-0.39, 0.29) is 5.92 Å². The molecule has 2 heterocycles. The third-order valence-corrected chi connectivity index (χ3v) is 6.41. The van der Waals surface area contributed by atoms with Crippen LogP contribution in [0.5, 0.6) is 0 Å². The molecule has 5 heteroatoms. The van der Waals surface area contributed by atoms with E-state index in [1.165, 1.54) is 38.5 Å². The maximum absolute atomic E-state index is 12.9. The topological polar surface area (TPSA) is 42.0 Å². The second-order valence-electron chi connectivity index (χ2n) is 8.11. The first-order valence-corrected chi connectivity index (χ1v) is 10.1. The number of hydrogen-bond acceptors (Lipinski definition) is 4.